The van der Waals surface area contributed by atoms with Gasteiger partial charge in [-0.3, -0.25) is 9.59 Å². The van der Waals surface area contributed by atoms with Gasteiger partial charge in [0, 0.05) is 28.2 Å². The van der Waals surface area contributed by atoms with Gasteiger partial charge < -0.3 is 14.0 Å². The Kier molecular flexibility index (Phi) is 5.93. The summed E-state index contributed by atoms with van der Waals surface area (Å²) < 4.78 is 12.2. The lowest BCUT2D eigenvalue weighted by atomic mass is 10.1. The molecule has 0 fully saturated rings. The predicted octanol–water partition coefficient (Wildman–Crippen LogP) is 3.95. The molecule has 0 aliphatic heterocycles. The molecular formula is C23H21NO5. The standard InChI is InChI=1S/C23H21NO5/c1-15-12-21(22(26)14-29-20-10-4-17(13-25)5-11-20)16(2)24(15)19-8-6-18(7-9-19)23(27)28-3/h4-13H,14H2,1-3H3. The number of methoxy groups -OCH3 is 1. The largest absolute Gasteiger partial charge is 0.485 e. The van der Waals surface area contributed by atoms with Crippen molar-refractivity contribution in [3.63, 3.8) is 0 Å². The van der Waals surface area contributed by atoms with Crippen molar-refractivity contribution in [3.8, 4) is 11.4 Å². The minimum atomic E-state index is -0.397. The second-order valence-corrected chi connectivity index (χ2v) is 6.56. The van der Waals surface area contributed by atoms with Crippen LogP contribution in [0.1, 0.15) is 42.5 Å². The van der Waals surface area contributed by atoms with Crippen LogP contribution in [0.5, 0.6) is 5.75 Å². The summed E-state index contributed by atoms with van der Waals surface area (Å²) in [5.41, 5.74) is 4.11. The molecular weight excluding hydrogens is 370 g/mol. The Morgan fingerprint density at radius 2 is 1.66 bits per heavy atom. The van der Waals surface area contributed by atoms with Crippen LogP contribution >= 0.6 is 0 Å². The zero-order chi connectivity index (χ0) is 21.0. The third-order valence-corrected chi connectivity index (χ3v) is 4.66. The van der Waals surface area contributed by atoms with Crippen LogP contribution in [0.3, 0.4) is 0 Å². The first-order valence-corrected chi connectivity index (χ1v) is 9.03. The maximum atomic E-state index is 12.7. The van der Waals surface area contributed by atoms with Crippen LogP contribution in [-0.2, 0) is 4.74 Å². The summed E-state index contributed by atoms with van der Waals surface area (Å²) >= 11 is 0. The molecule has 0 amide bonds. The molecule has 148 valence electrons. The zero-order valence-electron chi connectivity index (χ0n) is 16.5. The highest BCUT2D eigenvalue weighted by Gasteiger charge is 2.17. The molecule has 0 saturated carbocycles. The fourth-order valence-corrected chi connectivity index (χ4v) is 3.18. The molecule has 6 nitrogen and oxygen atoms in total. The SMILES string of the molecule is COC(=O)c1ccc(-n2c(C)cc(C(=O)COc3ccc(C=O)cc3)c2C)cc1. The summed E-state index contributed by atoms with van der Waals surface area (Å²) in [6.45, 7) is 3.68. The minimum absolute atomic E-state index is 0.105. The van der Waals surface area contributed by atoms with E-state index in [1.165, 1.54) is 7.11 Å². The number of aromatic nitrogens is 1. The van der Waals surface area contributed by atoms with Crippen molar-refractivity contribution in [2.45, 2.75) is 13.8 Å². The molecule has 3 aromatic rings. The van der Waals surface area contributed by atoms with E-state index < -0.39 is 5.97 Å². The van der Waals surface area contributed by atoms with Gasteiger partial charge in [0.05, 0.1) is 12.7 Å². The summed E-state index contributed by atoms with van der Waals surface area (Å²) in [6, 6.07) is 15.4. The Balaban J connectivity index is 1.78. The predicted molar refractivity (Wildman–Crippen MR) is 108 cm³/mol. The Hall–Kier alpha value is -3.67. The van der Waals surface area contributed by atoms with Gasteiger partial charge in [-0.2, -0.15) is 0 Å². The Morgan fingerprint density at radius 3 is 2.24 bits per heavy atom. The van der Waals surface area contributed by atoms with Crippen molar-refractivity contribution in [2.75, 3.05) is 13.7 Å². The van der Waals surface area contributed by atoms with Crippen LogP contribution in [0.4, 0.5) is 0 Å². The number of ketones is 1. The molecule has 2 aromatic carbocycles. The quantitative estimate of drug-likeness (QED) is 0.346. The van der Waals surface area contributed by atoms with Gasteiger partial charge in [0.1, 0.15) is 12.0 Å². The van der Waals surface area contributed by atoms with Crippen molar-refractivity contribution in [1.82, 2.24) is 4.57 Å². The average Bonchev–Trinajstić information content (AvgIpc) is 3.06. The molecule has 0 aliphatic rings. The first-order valence-electron chi connectivity index (χ1n) is 9.03. The van der Waals surface area contributed by atoms with Crippen molar-refractivity contribution < 1.29 is 23.9 Å². The van der Waals surface area contributed by atoms with Gasteiger partial charge in [0.25, 0.3) is 0 Å². The zero-order valence-corrected chi connectivity index (χ0v) is 16.5. The molecule has 0 aliphatic carbocycles. The van der Waals surface area contributed by atoms with Crippen LogP contribution < -0.4 is 4.74 Å². The highest BCUT2D eigenvalue weighted by atomic mass is 16.5. The lowest BCUT2D eigenvalue weighted by Crippen LogP contribution is -2.12. The number of ether oxygens (including phenoxy) is 2. The summed E-state index contributed by atoms with van der Waals surface area (Å²) in [6.07, 6.45) is 0.751. The Morgan fingerprint density at radius 1 is 1.00 bits per heavy atom. The van der Waals surface area contributed by atoms with E-state index in [2.05, 4.69) is 0 Å². The summed E-state index contributed by atoms with van der Waals surface area (Å²) in [4.78, 5) is 35.0. The average molecular weight is 391 g/mol. The lowest BCUT2D eigenvalue weighted by Gasteiger charge is -2.11. The maximum absolute atomic E-state index is 12.7. The first-order chi connectivity index (χ1) is 13.9. The number of hydrogen-bond donors (Lipinski definition) is 0. The highest BCUT2D eigenvalue weighted by Crippen LogP contribution is 2.22. The Labute approximate surface area is 168 Å². The van der Waals surface area contributed by atoms with E-state index in [-0.39, 0.29) is 12.4 Å². The van der Waals surface area contributed by atoms with Gasteiger partial charge in [-0.25, -0.2) is 4.79 Å². The number of carbonyl (C=O) groups is 3. The van der Waals surface area contributed by atoms with E-state index in [0.29, 0.717) is 22.4 Å². The molecule has 0 atom stereocenters. The molecule has 0 unspecified atom stereocenters. The van der Waals surface area contributed by atoms with E-state index in [1.807, 2.05) is 36.6 Å². The molecule has 0 radical (unpaired) electrons. The van der Waals surface area contributed by atoms with Gasteiger partial charge in [-0.15, -0.1) is 0 Å². The molecule has 0 N–H and O–H groups in total. The van der Waals surface area contributed by atoms with E-state index in [4.69, 9.17) is 9.47 Å². The number of nitrogens with zero attached hydrogens (tertiary/aromatic N) is 1. The number of benzene rings is 2. The fourth-order valence-electron chi connectivity index (χ4n) is 3.18. The van der Waals surface area contributed by atoms with Crippen molar-refractivity contribution >= 4 is 18.0 Å². The Bertz CT molecular complexity index is 1050. The molecule has 29 heavy (non-hydrogen) atoms. The number of Topliss-reactive ketones (excluding diaryl/α,β-unsaturated/α-hetero) is 1. The molecule has 1 aromatic heterocycles. The third kappa shape index (κ3) is 4.27. The second-order valence-electron chi connectivity index (χ2n) is 6.56. The first kappa shape index (κ1) is 20.1. The minimum Gasteiger partial charge on any atom is -0.485 e. The lowest BCUT2D eigenvalue weighted by molar-refractivity contribution is 0.0600. The molecule has 6 heteroatoms. The van der Waals surface area contributed by atoms with Gasteiger partial charge >= 0.3 is 5.97 Å². The highest BCUT2D eigenvalue weighted by molar-refractivity contribution is 5.99. The van der Waals surface area contributed by atoms with Crippen LogP contribution in [0.25, 0.3) is 5.69 Å². The van der Waals surface area contributed by atoms with Crippen molar-refractivity contribution in [1.29, 1.82) is 0 Å². The van der Waals surface area contributed by atoms with E-state index >= 15 is 0 Å². The van der Waals surface area contributed by atoms with Gasteiger partial charge in [-0.1, -0.05) is 0 Å². The van der Waals surface area contributed by atoms with E-state index in [1.54, 1.807) is 36.4 Å². The number of aldehydes is 1. The molecule has 0 spiro atoms. The van der Waals surface area contributed by atoms with Gasteiger partial charge in [0.2, 0.25) is 5.78 Å². The number of esters is 1. The summed E-state index contributed by atoms with van der Waals surface area (Å²) in [5, 5.41) is 0. The van der Waals surface area contributed by atoms with Crippen LogP contribution in [0.15, 0.2) is 54.6 Å². The third-order valence-electron chi connectivity index (χ3n) is 4.66. The maximum Gasteiger partial charge on any atom is 0.337 e. The fraction of sp³-hybridized carbons (Fsp3) is 0.174. The normalized spacial score (nSPS) is 10.4. The van der Waals surface area contributed by atoms with Crippen LogP contribution in [0, 0.1) is 13.8 Å². The molecule has 1 heterocycles. The van der Waals surface area contributed by atoms with E-state index in [0.717, 1.165) is 23.4 Å². The topological polar surface area (TPSA) is 74.6 Å². The molecule has 0 bridgehead atoms. The smallest absolute Gasteiger partial charge is 0.337 e. The van der Waals surface area contributed by atoms with Crippen molar-refractivity contribution in [2.24, 2.45) is 0 Å². The van der Waals surface area contributed by atoms with Crippen LogP contribution in [0.2, 0.25) is 0 Å². The second kappa shape index (κ2) is 8.56. The number of rotatable bonds is 7. The van der Waals surface area contributed by atoms with Gasteiger partial charge in [0.15, 0.2) is 6.61 Å². The molecule has 0 saturated heterocycles. The monoisotopic (exact) mass is 391 g/mol. The van der Waals surface area contributed by atoms with Crippen molar-refractivity contribution in [3.05, 3.63) is 82.7 Å². The number of aryl methyl sites for hydroxylation is 1. The van der Waals surface area contributed by atoms with Crippen LogP contribution in [-0.4, -0.2) is 36.3 Å². The number of carbonyl (C=O) groups excluding carboxylic acids is 3. The van der Waals surface area contributed by atoms with Gasteiger partial charge in [-0.05, 0) is 68.4 Å². The van der Waals surface area contributed by atoms with E-state index in [9.17, 15) is 14.4 Å². The summed E-state index contributed by atoms with van der Waals surface area (Å²) in [5.74, 6) is -0.0159. The summed E-state index contributed by atoms with van der Waals surface area (Å²) in [7, 11) is 1.34. The molecule has 3 rings (SSSR count). The number of hydrogen-bond acceptors (Lipinski definition) is 5.